The van der Waals surface area contributed by atoms with Crippen molar-refractivity contribution < 1.29 is 16.9 Å². The predicted octanol–water partition coefficient (Wildman–Crippen LogP) is 0.991. The van der Waals surface area contributed by atoms with Crippen LogP contribution in [0.15, 0.2) is 30.3 Å². The van der Waals surface area contributed by atoms with Crippen molar-refractivity contribution in [1.82, 2.24) is 0 Å². The van der Waals surface area contributed by atoms with Crippen LogP contribution in [0.2, 0.25) is 0 Å². The third-order valence-electron chi connectivity index (χ3n) is 2.77. The first-order valence-electron chi connectivity index (χ1n) is 4.33. The lowest BCUT2D eigenvalue weighted by molar-refractivity contribution is -0.661. The van der Waals surface area contributed by atoms with Crippen LogP contribution in [0.3, 0.4) is 0 Å². The zero-order valence-electron chi connectivity index (χ0n) is 7.79. The molecule has 0 radical (unpaired) electrons. The molecule has 0 spiro atoms. The number of hydrogen-bond acceptors (Lipinski definition) is 2. The number of hydrogen-bond donors (Lipinski definition) is 1. The Morgan fingerprint density at radius 3 is 2.36 bits per heavy atom. The fourth-order valence-corrected chi connectivity index (χ4v) is 2.42. The van der Waals surface area contributed by atoms with Crippen molar-refractivity contribution in [2.45, 2.75) is 6.04 Å². The third-order valence-corrected chi connectivity index (χ3v) is 4.23. The molecule has 1 aromatic carbocycles. The van der Waals surface area contributed by atoms with Crippen molar-refractivity contribution in [2.24, 2.45) is 0 Å². The zero-order chi connectivity index (χ0) is 10.4. The first-order valence-corrected chi connectivity index (χ1v) is 5.72. The number of nitrogens with zero attached hydrogens (tertiary/aromatic N) is 1. The second-order valence-electron chi connectivity index (χ2n) is 3.73. The minimum atomic E-state index is -3.99. The van der Waals surface area contributed by atoms with E-state index in [9.17, 15) is 8.42 Å². The van der Waals surface area contributed by atoms with Gasteiger partial charge in [-0.3, -0.25) is 0 Å². The third kappa shape index (κ3) is 1.33. The van der Waals surface area contributed by atoms with Crippen molar-refractivity contribution in [1.29, 1.82) is 0 Å². The van der Waals surface area contributed by atoms with Gasteiger partial charge >= 0.3 is 10.3 Å². The van der Waals surface area contributed by atoms with Crippen molar-refractivity contribution in [3.05, 3.63) is 35.9 Å². The van der Waals surface area contributed by atoms with Crippen molar-refractivity contribution in [3.63, 3.8) is 0 Å². The Kier molecular flexibility index (Phi) is 1.92. The highest BCUT2D eigenvalue weighted by Gasteiger charge is 2.61. The van der Waals surface area contributed by atoms with Crippen LogP contribution in [0, 0.1) is 0 Å². The summed E-state index contributed by atoms with van der Waals surface area (Å²) in [7, 11) is -2.47. The van der Waals surface area contributed by atoms with Crippen molar-refractivity contribution in [3.8, 4) is 0 Å². The van der Waals surface area contributed by atoms with Gasteiger partial charge in [-0.15, -0.1) is 8.42 Å². The fraction of sp³-hybridized carbons (Fsp3) is 0.333. The Balaban J connectivity index is 2.30. The highest BCUT2D eigenvalue weighted by molar-refractivity contribution is 7.80. The van der Waals surface area contributed by atoms with Crippen LogP contribution in [0.25, 0.3) is 0 Å². The summed E-state index contributed by atoms with van der Waals surface area (Å²) in [5.74, 6) is 0. The molecule has 0 bridgehead atoms. The Morgan fingerprint density at radius 2 is 1.93 bits per heavy atom. The molecule has 0 saturated carbocycles. The largest absolute Gasteiger partial charge is 0.433 e. The van der Waals surface area contributed by atoms with E-state index in [-0.39, 0.29) is 9.93 Å². The Labute approximate surface area is 83.3 Å². The van der Waals surface area contributed by atoms with E-state index in [1.54, 1.807) is 0 Å². The van der Waals surface area contributed by atoms with E-state index in [0.29, 0.717) is 6.54 Å². The normalized spacial score (nSPS) is 31.4. The van der Waals surface area contributed by atoms with Gasteiger partial charge in [0.2, 0.25) is 0 Å². The summed E-state index contributed by atoms with van der Waals surface area (Å²) < 4.78 is 30.8. The predicted molar refractivity (Wildman–Crippen MR) is 51.8 cm³/mol. The molecular formula is C9H12NO3S+. The van der Waals surface area contributed by atoms with Gasteiger partial charge in [-0.25, -0.2) is 4.55 Å². The van der Waals surface area contributed by atoms with Gasteiger partial charge in [0.1, 0.15) is 0 Å². The van der Waals surface area contributed by atoms with E-state index in [4.69, 9.17) is 4.55 Å². The maximum Gasteiger partial charge on any atom is 0.433 e. The fourth-order valence-electron chi connectivity index (χ4n) is 1.65. The molecule has 1 aliphatic rings. The number of rotatable bonds is 2. The Hall–Kier alpha value is -0.910. The van der Waals surface area contributed by atoms with Crippen LogP contribution in [-0.2, 0) is 10.3 Å². The number of benzene rings is 1. The summed E-state index contributed by atoms with van der Waals surface area (Å²) in [4.78, 5) is 0. The molecule has 4 nitrogen and oxygen atoms in total. The van der Waals surface area contributed by atoms with Gasteiger partial charge in [0.05, 0.1) is 7.05 Å². The van der Waals surface area contributed by atoms with Crippen LogP contribution in [0.1, 0.15) is 11.6 Å². The molecule has 2 rings (SSSR count). The molecular weight excluding hydrogens is 202 g/mol. The molecule has 1 heterocycles. The van der Waals surface area contributed by atoms with Gasteiger partial charge in [0.25, 0.3) is 0 Å². The van der Waals surface area contributed by atoms with Gasteiger partial charge < -0.3 is 0 Å². The molecule has 0 aromatic heterocycles. The summed E-state index contributed by atoms with van der Waals surface area (Å²) in [6.07, 6.45) is 0. The molecule has 1 N–H and O–H groups in total. The standard InChI is InChI=1S/C9H11NO3S/c1-10(14(11,12)13)7-9(10)8-5-3-2-4-6-8/h2-6,9H,7H2,1H3/p+1. The SMILES string of the molecule is C[N+]1(S(=O)(=O)O)CC1c1ccccc1. The van der Waals surface area contributed by atoms with Gasteiger partial charge in [0, 0.05) is 5.56 Å². The monoisotopic (exact) mass is 214 g/mol. The van der Waals surface area contributed by atoms with Crippen LogP contribution in [0.5, 0.6) is 0 Å². The van der Waals surface area contributed by atoms with Crippen molar-refractivity contribution in [2.75, 3.05) is 13.6 Å². The Morgan fingerprint density at radius 1 is 1.36 bits per heavy atom. The van der Waals surface area contributed by atoms with E-state index in [1.807, 2.05) is 30.3 Å². The molecule has 0 aliphatic carbocycles. The van der Waals surface area contributed by atoms with Gasteiger partial charge in [-0.1, -0.05) is 30.3 Å². The smallest absolute Gasteiger partial charge is 0.241 e. The number of likely N-dealkylation sites (N-methyl/N-ethyl adjacent to an activating group) is 1. The van der Waals surface area contributed by atoms with Crippen LogP contribution < -0.4 is 0 Å². The number of quaternary nitrogens is 1. The van der Waals surface area contributed by atoms with Gasteiger partial charge in [-0.05, 0) is 0 Å². The molecule has 0 amide bonds. The van der Waals surface area contributed by atoms with Gasteiger partial charge in [0.15, 0.2) is 12.6 Å². The van der Waals surface area contributed by atoms with E-state index in [1.165, 1.54) is 7.05 Å². The molecule has 1 aliphatic heterocycles. The summed E-state index contributed by atoms with van der Waals surface area (Å²) in [5, 5.41) is 0. The molecule has 76 valence electrons. The quantitative estimate of drug-likeness (QED) is 0.454. The minimum Gasteiger partial charge on any atom is -0.241 e. The first kappa shape index (κ1) is 9.64. The molecule has 2 atom stereocenters. The maximum atomic E-state index is 11.0. The first-order chi connectivity index (χ1) is 6.45. The topological polar surface area (TPSA) is 54.4 Å². The van der Waals surface area contributed by atoms with Crippen molar-refractivity contribution >= 4 is 10.3 Å². The second kappa shape index (κ2) is 2.79. The molecule has 2 unspecified atom stereocenters. The average Bonchev–Trinajstić information content (AvgIpc) is 2.80. The van der Waals surface area contributed by atoms with E-state index in [2.05, 4.69) is 0 Å². The molecule has 14 heavy (non-hydrogen) atoms. The summed E-state index contributed by atoms with van der Waals surface area (Å²) >= 11 is 0. The lowest BCUT2D eigenvalue weighted by Gasteiger charge is -2.08. The van der Waals surface area contributed by atoms with E-state index in [0.717, 1.165) is 5.56 Å². The van der Waals surface area contributed by atoms with E-state index >= 15 is 0 Å². The molecule has 5 heteroatoms. The van der Waals surface area contributed by atoms with Crippen LogP contribution in [-0.4, -0.2) is 30.5 Å². The highest BCUT2D eigenvalue weighted by atomic mass is 32.2. The molecule has 1 saturated heterocycles. The lowest BCUT2D eigenvalue weighted by atomic mass is 10.2. The van der Waals surface area contributed by atoms with Gasteiger partial charge in [-0.2, -0.15) is 3.89 Å². The highest BCUT2D eigenvalue weighted by Crippen LogP contribution is 2.45. The maximum absolute atomic E-state index is 11.0. The average molecular weight is 214 g/mol. The van der Waals surface area contributed by atoms with Crippen LogP contribution >= 0.6 is 0 Å². The lowest BCUT2D eigenvalue weighted by Crippen LogP contribution is -2.28. The minimum absolute atomic E-state index is 0.119. The van der Waals surface area contributed by atoms with E-state index < -0.39 is 10.3 Å². The Bertz CT molecular complexity index is 442. The second-order valence-corrected chi connectivity index (χ2v) is 5.46. The summed E-state index contributed by atoms with van der Waals surface area (Å²) in [6.45, 7) is 0.447. The summed E-state index contributed by atoms with van der Waals surface area (Å²) in [6, 6.07) is 9.23. The molecule has 1 aromatic rings. The zero-order valence-corrected chi connectivity index (χ0v) is 8.61. The summed E-state index contributed by atoms with van der Waals surface area (Å²) in [5.41, 5.74) is 0.952. The van der Waals surface area contributed by atoms with Crippen LogP contribution in [0.4, 0.5) is 0 Å². The molecule has 1 fully saturated rings.